The lowest BCUT2D eigenvalue weighted by molar-refractivity contribution is -0.123. The minimum atomic E-state index is -3.20. The summed E-state index contributed by atoms with van der Waals surface area (Å²) in [6, 6.07) is 7.77. The van der Waals surface area contributed by atoms with Crippen LogP contribution in [0.5, 0.6) is 0 Å². The zero-order valence-electron chi connectivity index (χ0n) is 11.3. The Kier molecular flexibility index (Phi) is 4.74. The van der Waals surface area contributed by atoms with Gasteiger partial charge in [0.1, 0.15) is 0 Å². The molecule has 6 nitrogen and oxygen atoms in total. The standard InChI is InChI=1S/C13H19N3O3S/c1-20(18,19)16-7-6-14-13(17)12-8-10-4-2-3-5-11(10)9-15-12/h2-5,12,15-16H,6-9H2,1H3,(H,14,17). The van der Waals surface area contributed by atoms with E-state index in [0.717, 1.165) is 6.26 Å². The number of carbonyl (C=O) groups is 1. The van der Waals surface area contributed by atoms with Crippen molar-refractivity contribution in [3.8, 4) is 0 Å². The highest BCUT2D eigenvalue weighted by Crippen LogP contribution is 2.16. The van der Waals surface area contributed by atoms with Gasteiger partial charge in [0.15, 0.2) is 0 Å². The molecule has 0 bridgehead atoms. The third-order valence-electron chi connectivity index (χ3n) is 3.19. The molecule has 1 heterocycles. The van der Waals surface area contributed by atoms with Crippen LogP contribution in [-0.4, -0.2) is 39.7 Å². The Hall–Kier alpha value is -1.44. The summed E-state index contributed by atoms with van der Waals surface area (Å²) in [5.74, 6) is -0.102. The van der Waals surface area contributed by atoms with E-state index < -0.39 is 10.0 Å². The van der Waals surface area contributed by atoms with Crippen LogP contribution in [0.15, 0.2) is 24.3 Å². The summed E-state index contributed by atoms with van der Waals surface area (Å²) in [5.41, 5.74) is 2.40. The largest absolute Gasteiger partial charge is 0.353 e. The van der Waals surface area contributed by atoms with Crippen LogP contribution < -0.4 is 15.4 Å². The summed E-state index contributed by atoms with van der Waals surface area (Å²) in [5, 5.41) is 5.91. The van der Waals surface area contributed by atoms with E-state index in [0.29, 0.717) is 13.0 Å². The third-order valence-corrected chi connectivity index (χ3v) is 3.91. The summed E-state index contributed by atoms with van der Waals surface area (Å²) in [6.45, 7) is 1.16. The van der Waals surface area contributed by atoms with E-state index in [4.69, 9.17) is 0 Å². The zero-order chi connectivity index (χ0) is 14.6. The van der Waals surface area contributed by atoms with Gasteiger partial charge in [-0.2, -0.15) is 0 Å². The molecule has 0 aliphatic carbocycles. The van der Waals surface area contributed by atoms with E-state index in [1.165, 1.54) is 11.1 Å². The summed E-state index contributed by atoms with van der Waals surface area (Å²) < 4.78 is 24.1. The minimum Gasteiger partial charge on any atom is -0.353 e. The molecule has 1 aromatic rings. The number of fused-ring (bicyclic) bond motifs is 1. The Labute approximate surface area is 119 Å². The van der Waals surface area contributed by atoms with Crippen molar-refractivity contribution in [2.24, 2.45) is 0 Å². The predicted octanol–water partition coefficient (Wildman–Crippen LogP) is -0.634. The lowest BCUT2D eigenvalue weighted by Gasteiger charge is -2.25. The topological polar surface area (TPSA) is 87.3 Å². The summed E-state index contributed by atoms with van der Waals surface area (Å²) >= 11 is 0. The highest BCUT2D eigenvalue weighted by atomic mass is 32.2. The Morgan fingerprint density at radius 1 is 1.30 bits per heavy atom. The summed E-state index contributed by atoms with van der Waals surface area (Å²) in [4.78, 5) is 12.0. The van der Waals surface area contributed by atoms with Crippen LogP contribution in [0, 0.1) is 0 Å². The molecule has 1 aromatic carbocycles. The molecule has 20 heavy (non-hydrogen) atoms. The fourth-order valence-corrected chi connectivity index (χ4v) is 2.66. The number of amides is 1. The molecule has 0 radical (unpaired) electrons. The number of carbonyl (C=O) groups excluding carboxylic acids is 1. The second-order valence-electron chi connectivity index (χ2n) is 4.86. The predicted molar refractivity (Wildman–Crippen MR) is 76.6 cm³/mol. The molecule has 2 rings (SSSR count). The molecule has 1 aliphatic heterocycles. The quantitative estimate of drug-likeness (QED) is 0.631. The first-order chi connectivity index (χ1) is 9.46. The molecule has 1 aliphatic rings. The molecule has 3 N–H and O–H groups in total. The number of hydrogen-bond acceptors (Lipinski definition) is 4. The van der Waals surface area contributed by atoms with E-state index in [9.17, 15) is 13.2 Å². The van der Waals surface area contributed by atoms with Gasteiger partial charge in [0.2, 0.25) is 15.9 Å². The molecule has 110 valence electrons. The van der Waals surface area contributed by atoms with Gasteiger partial charge in [-0.25, -0.2) is 13.1 Å². The molecule has 1 unspecified atom stereocenters. The number of hydrogen-bond donors (Lipinski definition) is 3. The summed E-state index contributed by atoms with van der Waals surface area (Å²) in [6.07, 6.45) is 1.75. The first kappa shape index (κ1) is 15.0. The van der Waals surface area contributed by atoms with Gasteiger partial charge in [0.25, 0.3) is 0 Å². The minimum absolute atomic E-state index is 0.102. The molecule has 0 aromatic heterocycles. The maximum atomic E-state index is 12.0. The Bertz CT molecular complexity index is 586. The average molecular weight is 297 g/mol. The van der Waals surface area contributed by atoms with Crippen molar-refractivity contribution >= 4 is 15.9 Å². The smallest absolute Gasteiger partial charge is 0.237 e. The van der Waals surface area contributed by atoms with Crippen LogP contribution in [0.25, 0.3) is 0 Å². The SMILES string of the molecule is CS(=O)(=O)NCCNC(=O)C1Cc2ccccc2CN1. The van der Waals surface area contributed by atoms with E-state index in [2.05, 4.69) is 15.4 Å². The maximum Gasteiger partial charge on any atom is 0.237 e. The molecule has 0 saturated heterocycles. The van der Waals surface area contributed by atoms with Crippen molar-refractivity contribution in [3.05, 3.63) is 35.4 Å². The summed E-state index contributed by atoms with van der Waals surface area (Å²) in [7, 11) is -3.20. The van der Waals surface area contributed by atoms with Gasteiger partial charge in [-0.1, -0.05) is 24.3 Å². The molecule has 0 spiro atoms. The Balaban J connectivity index is 1.80. The molecule has 1 atom stereocenters. The van der Waals surface area contributed by atoms with E-state index in [1.807, 2.05) is 24.3 Å². The van der Waals surface area contributed by atoms with Crippen molar-refractivity contribution in [1.82, 2.24) is 15.4 Å². The van der Waals surface area contributed by atoms with Gasteiger partial charge in [-0.3, -0.25) is 4.79 Å². The number of rotatable bonds is 5. The second kappa shape index (κ2) is 6.34. The maximum absolute atomic E-state index is 12.0. The first-order valence-electron chi connectivity index (χ1n) is 6.48. The van der Waals surface area contributed by atoms with E-state index in [-0.39, 0.29) is 25.0 Å². The molecule has 0 fully saturated rings. The van der Waals surface area contributed by atoms with Crippen molar-refractivity contribution < 1.29 is 13.2 Å². The van der Waals surface area contributed by atoms with Gasteiger partial charge in [-0.15, -0.1) is 0 Å². The van der Waals surface area contributed by atoms with Crippen LogP contribution in [0.4, 0.5) is 0 Å². The number of sulfonamides is 1. The fourth-order valence-electron chi connectivity index (χ4n) is 2.19. The Morgan fingerprint density at radius 3 is 2.70 bits per heavy atom. The highest BCUT2D eigenvalue weighted by molar-refractivity contribution is 7.88. The van der Waals surface area contributed by atoms with Crippen molar-refractivity contribution in [2.45, 2.75) is 19.0 Å². The zero-order valence-corrected chi connectivity index (χ0v) is 12.2. The van der Waals surface area contributed by atoms with Crippen molar-refractivity contribution in [2.75, 3.05) is 19.3 Å². The lowest BCUT2D eigenvalue weighted by Crippen LogP contribution is -2.49. The van der Waals surface area contributed by atoms with Gasteiger partial charge in [0.05, 0.1) is 12.3 Å². The van der Waals surface area contributed by atoms with E-state index >= 15 is 0 Å². The molecular weight excluding hydrogens is 278 g/mol. The number of nitrogens with one attached hydrogen (secondary N) is 3. The van der Waals surface area contributed by atoms with Crippen molar-refractivity contribution in [3.63, 3.8) is 0 Å². The van der Waals surface area contributed by atoms with Gasteiger partial charge < -0.3 is 10.6 Å². The van der Waals surface area contributed by atoms with Gasteiger partial charge in [0, 0.05) is 19.6 Å². The van der Waals surface area contributed by atoms with Gasteiger partial charge in [-0.05, 0) is 17.5 Å². The third kappa shape index (κ3) is 4.29. The highest BCUT2D eigenvalue weighted by Gasteiger charge is 2.23. The van der Waals surface area contributed by atoms with Crippen LogP contribution in [-0.2, 0) is 27.8 Å². The Morgan fingerprint density at radius 2 is 2.00 bits per heavy atom. The van der Waals surface area contributed by atoms with Crippen LogP contribution in [0.1, 0.15) is 11.1 Å². The first-order valence-corrected chi connectivity index (χ1v) is 8.37. The fraction of sp³-hybridized carbons (Fsp3) is 0.462. The monoisotopic (exact) mass is 297 g/mol. The molecular formula is C13H19N3O3S. The van der Waals surface area contributed by atoms with Crippen LogP contribution in [0.3, 0.4) is 0 Å². The average Bonchev–Trinajstić information content (AvgIpc) is 2.42. The molecule has 7 heteroatoms. The molecule has 1 amide bonds. The van der Waals surface area contributed by atoms with Gasteiger partial charge >= 0.3 is 0 Å². The number of benzene rings is 1. The normalized spacial score (nSPS) is 18.4. The van der Waals surface area contributed by atoms with Crippen LogP contribution >= 0.6 is 0 Å². The second-order valence-corrected chi connectivity index (χ2v) is 6.70. The van der Waals surface area contributed by atoms with Crippen LogP contribution in [0.2, 0.25) is 0 Å². The lowest BCUT2D eigenvalue weighted by atomic mass is 9.95. The van der Waals surface area contributed by atoms with E-state index in [1.54, 1.807) is 0 Å². The van der Waals surface area contributed by atoms with Crippen molar-refractivity contribution in [1.29, 1.82) is 0 Å². The molecule has 0 saturated carbocycles.